The van der Waals surface area contributed by atoms with Crippen molar-refractivity contribution in [3.63, 3.8) is 0 Å². The van der Waals surface area contributed by atoms with Gasteiger partial charge in [-0.15, -0.1) is 11.3 Å². The Morgan fingerprint density at radius 1 is 1.22 bits per heavy atom. The van der Waals surface area contributed by atoms with Gasteiger partial charge in [-0.1, -0.05) is 17.7 Å². The van der Waals surface area contributed by atoms with E-state index in [0.717, 1.165) is 10.9 Å². The highest BCUT2D eigenvalue weighted by molar-refractivity contribution is 7.16. The lowest BCUT2D eigenvalue weighted by molar-refractivity contribution is -0.141. The summed E-state index contributed by atoms with van der Waals surface area (Å²) in [6.07, 6.45) is -4.43. The molecule has 0 bridgehead atoms. The average molecular weight is 293 g/mol. The molecule has 0 spiro atoms. The van der Waals surface area contributed by atoms with Gasteiger partial charge in [-0.3, -0.25) is 0 Å². The Hall–Kier alpha value is -1.27. The summed E-state index contributed by atoms with van der Waals surface area (Å²) in [5.41, 5.74) is -0.906. The molecule has 2 rings (SSSR count). The summed E-state index contributed by atoms with van der Waals surface area (Å²) in [7, 11) is 0. The van der Waals surface area contributed by atoms with E-state index in [9.17, 15) is 13.2 Å². The third-order valence-corrected chi connectivity index (χ3v) is 3.34. The molecule has 0 saturated carbocycles. The average Bonchev–Trinajstić information content (AvgIpc) is 2.72. The fraction of sp³-hybridized carbons (Fsp3) is 0.182. The van der Waals surface area contributed by atoms with Crippen LogP contribution in [0.25, 0.3) is 0 Å². The van der Waals surface area contributed by atoms with Crippen LogP contribution in [0.3, 0.4) is 0 Å². The Kier molecular flexibility index (Phi) is 3.77. The first-order valence-electron chi connectivity index (χ1n) is 4.97. The zero-order valence-electron chi connectivity index (χ0n) is 8.96. The first kappa shape index (κ1) is 13.2. The third-order valence-electron chi connectivity index (χ3n) is 2.11. The number of halogens is 4. The number of rotatable bonds is 3. The highest BCUT2D eigenvalue weighted by Crippen LogP contribution is 2.28. The number of nitrogens with zero attached hydrogens (tertiary/aromatic N) is 1. The lowest BCUT2D eigenvalue weighted by Crippen LogP contribution is -2.09. The van der Waals surface area contributed by atoms with Gasteiger partial charge in [0.15, 0.2) is 0 Å². The van der Waals surface area contributed by atoms with Crippen molar-refractivity contribution in [2.45, 2.75) is 12.7 Å². The summed E-state index contributed by atoms with van der Waals surface area (Å²) in [4.78, 5) is 4.43. The van der Waals surface area contributed by atoms with E-state index < -0.39 is 11.9 Å². The number of alkyl halides is 3. The van der Waals surface area contributed by atoms with Crippen LogP contribution in [0.2, 0.25) is 4.34 Å². The van der Waals surface area contributed by atoms with Gasteiger partial charge in [-0.25, -0.2) is 4.98 Å². The molecule has 2 aromatic rings. The minimum absolute atomic E-state index is 0.189. The molecule has 0 fully saturated rings. The molecule has 0 amide bonds. The molecule has 0 aliphatic heterocycles. The Balaban J connectivity index is 2.06. The van der Waals surface area contributed by atoms with Crippen LogP contribution in [0.1, 0.15) is 10.6 Å². The van der Waals surface area contributed by atoms with E-state index in [1.807, 2.05) is 6.07 Å². The highest BCUT2D eigenvalue weighted by Gasteiger charge is 2.32. The van der Waals surface area contributed by atoms with Gasteiger partial charge in [0.05, 0.1) is 10.9 Å². The molecule has 0 aromatic carbocycles. The molecule has 1 N–H and O–H groups in total. The second-order valence-corrected chi connectivity index (χ2v) is 5.26. The first-order valence-corrected chi connectivity index (χ1v) is 6.17. The molecule has 0 radical (unpaired) electrons. The summed E-state index contributed by atoms with van der Waals surface area (Å²) in [6.45, 7) is 0.395. The molecule has 2 aromatic heterocycles. The Labute approximate surface area is 110 Å². The van der Waals surface area contributed by atoms with Crippen LogP contribution in [0.5, 0.6) is 0 Å². The number of aromatic nitrogens is 1. The van der Waals surface area contributed by atoms with Crippen molar-refractivity contribution in [3.8, 4) is 0 Å². The molecule has 0 saturated heterocycles. The summed E-state index contributed by atoms with van der Waals surface area (Å²) in [6, 6.07) is 7.30. The number of nitrogens with one attached hydrogen (secondary N) is 1. The fourth-order valence-corrected chi connectivity index (χ4v) is 2.34. The van der Waals surface area contributed by atoms with Gasteiger partial charge in [0.25, 0.3) is 0 Å². The van der Waals surface area contributed by atoms with Gasteiger partial charge in [0, 0.05) is 4.88 Å². The van der Waals surface area contributed by atoms with Crippen molar-refractivity contribution in [1.82, 2.24) is 4.98 Å². The Morgan fingerprint density at radius 3 is 2.61 bits per heavy atom. The van der Waals surface area contributed by atoms with Crippen LogP contribution < -0.4 is 5.32 Å². The molecule has 0 aliphatic carbocycles. The maximum absolute atomic E-state index is 12.4. The molecule has 0 aliphatic rings. The first-order chi connectivity index (χ1) is 8.45. The highest BCUT2D eigenvalue weighted by atomic mass is 35.5. The van der Waals surface area contributed by atoms with Crippen LogP contribution >= 0.6 is 22.9 Å². The third kappa shape index (κ3) is 3.36. The zero-order chi connectivity index (χ0) is 13.2. The molecule has 7 heteroatoms. The van der Waals surface area contributed by atoms with Crippen LogP contribution in [0, 0.1) is 0 Å². The van der Waals surface area contributed by atoms with Crippen molar-refractivity contribution < 1.29 is 13.2 Å². The molecule has 18 heavy (non-hydrogen) atoms. The minimum atomic E-state index is -4.43. The summed E-state index contributed by atoms with van der Waals surface area (Å²) >= 11 is 7.12. The van der Waals surface area contributed by atoms with E-state index in [4.69, 9.17) is 11.6 Å². The molecule has 0 unspecified atom stereocenters. The van der Waals surface area contributed by atoms with Crippen molar-refractivity contribution in [3.05, 3.63) is 45.2 Å². The van der Waals surface area contributed by atoms with Crippen LogP contribution in [-0.2, 0) is 12.7 Å². The SMILES string of the molecule is FC(F)(F)c1cccc(NCc2ccc(Cl)s2)n1. The number of thiophene rings is 1. The molecule has 96 valence electrons. The summed E-state index contributed by atoms with van der Waals surface area (Å²) in [5, 5.41) is 2.83. The van der Waals surface area contributed by atoms with Gasteiger partial charge in [-0.2, -0.15) is 13.2 Å². The maximum Gasteiger partial charge on any atom is 0.433 e. The second kappa shape index (κ2) is 5.16. The quantitative estimate of drug-likeness (QED) is 0.905. The standard InChI is InChI=1S/C11H8ClF3N2S/c12-9-5-4-7(18-9)6-16-10-3-1-2-8(17-10)11(13,14)15/h1-5H,6H2,(H,16,17). The Bertz CT molecular complexity index is 539. The molecular weight excluding hydrogens is 285 g/mol. The molecular formula is C11H8ClF3N2S. The predicted octanol–water partition coefficient (Wildman–Crippen LogP) is 4.43. The monoisotopic (exact) mass is 292 g/mol. The normalized spacial score (nSPS) is 11.6. The van der Waals surface area contributed by atoms with E-state index >= 15 is 0 Å². The number of hydrogen-bond donors (Lipinski definition) is 1. The van der Waals surface area contributed by atoms with E-state index in [0.29, 0.717) is 10.9 Å². The van der Waals surface area contributed by atoms with E-state index in [1.165, 1.54) is 23.5 Å². The zero-order valence-corrected chi connectivity index (χ0v) is 10.5. The summed E-state index contributed by atoms with van der Waals surface area (Å²) in [5.74, 6) is 0.189. The van der Waals surface area contributed by atoms with Crippen LogP contribution in [0.15, 0.2) is 30.3 Å². The van der Waals surface area contributed by atoms with Gasteiger partial charge < -0.3 is 5.32 Å². The van der Waals surface area contributed by atoms with Gasteiger partial charge >= 0.3 is 6.18 Å². The summed E-state index contributed by atoms with van der Waals surface area (Å²) < 4.78 is 37.9. The number of pyridine rings is 1. The predicted molar refractivity (Wildman–Crippen MR) is 65.9 cm³/mol. The number of anilines is 1. The van der Waals surface area contributed by atoms with Crippen molar-refractivity contribution in [2.24, 2.45) is 0 Å². The van der Waals surface area contributed by atoms with Crippen molar-refractivity contribution in [2.75, 3.05) is 5.32 Å². The topological polar surface area (TPSA) is 24.9 Å². The Morgan fingerprint density at radius 2 is 2.00 bits per heavy atom. The molecule has 2 heterocycles. The fourth-order valence-electron chi connectivity index (χ4n) is 1.32. The molecule has 2 nitrogen and oxygen atoms in total. The van der Waals surface area contributed by atoms with E-state index in [-0.39, 0.29) is 5.82 Å². The molecule has 0 atom stereocenters. The lowest BCUT2D eigenvalue weighted by Gasteiger charge is -2.08. The maximum atomic E-state index is 12.4. The van der Waals surface area contributed by atoms with Gasteiger partial charge in [0.1, 0.15) is 11.5 Å². The second-order valence-electron chi connectivity index (χ2n) is 3.47. The number of hydrogen-bond acceptors (Lipinski definition) is 3. The minimum Gasteiger partial charge on any atom is -0.365 e. The van der Waals surface area contributed by atoms with E-state index in [2.05, 4.69) is 10.3 Å². The lowest BCUT2D eigenvalue weighted by atomic mass is 10.3. The van der Waals surface area contributed by atoms with Crippen LogP contribution in [0.4, 0.5) is 19.0 Å². The smallest absolute Gasteiger partial charge is 0.365 e. The van der Waals surface area contributed by atoms with Crippen molar-refractivity contribution >= 4 is 28.8 Å². The van der Waals surface area contributed by atoms with E-state index in [1.54, 1.807) is 6.07 Å². The van der Waals surface area contributed by atoms with Gasteiger partial charge in [0.2, 0.25) is 0 Å². The largest absolute Gasteiger partial charge is 0.433 e. The van der Waals surface area contributed by atoms with Crippen molar-refractivity contribution in [1.29, 1.82) is 0 Å². The van der Waals surface area contributed by atoms with Crippen LogP contribution in [-0.4, -0.2) is 4.98 Å². The van der Waals surface area contributed by atoms with Gasteiger partial charge in [-0.05, 0) is 24.3 Å².